The maximum atomic E-state index is 13.6. The summed E-state index contributed by atoms with van der Waals surface area (Å²) in [5, 5.41) is 5.53. The molecule has 1 saturated heterocycles. The minimum Gasteiger partial charge on any atom is -0.378 e. The Labute approximate surface area is 140 Å². The minimum absolute atomic E-state index is 0.137. The van der Waals surface area contributed by atoms with E-state index in [0.717, 1.165) is 24.5 Å². The van der Waals surface area contributed by atoms with Crippen molar-refractivity contribution in [2.45, 2.75) is 6.54 Å². The van der Waals surface area contributed by atoms with Gasteiger partial charge < -0.3 is 20.3 Å². The van der Waals surface area contributed by atoms with E-state index >= 15 is 0 Å². The summed E-state index contributed by atoms with van der Waals surface area (Å²) in [7, 11) is 0. The molecule has 1 heterocycles. The highest BCUT2D eigenvalue weighted by atomic mass is 19.1. The molecule has 126 valence electrons. The number of benzene rings is 2. The molecule has 0 aliphatic carbocycles. The van der Waals surface area contributed by atoms with Crippen LogP contribution in [0.3, 0.4) is 0 Å². The molecule has 2 aromatic rings. The quantitative estimate of drug-likeness (QED) is 0.907. The lowest BCUT2D eigenvalue weighted by Crippen LogP contribution is -2.37. The predicted molar refractivity (Wildman–Crippen MR) is 91.7 cm³/mol. The van der Waals surface area contributed by atoms with Gasteiger partial charge >= 0.3 is 6.03 Å². The Morgan fingerprint density at radius 2 is 1.79 bits per heavy atom. The monoisotopic (exact) mass is 329 g/mol. The lowest BCUT2D eigenvalue weighted by molar-refractivity contribution is 0.123. The van der Waals surface area contributed by atoms with Gasteiger partial charge in [-0.2, -0.15) is 0 Å². The van der Waals surface area contributed by atoms with Crippen LogP contribution in [0.4, 0.5) is 20.6 Å². The average molecular weight is 329 g/mol. The molecule has 1 aliphatic heterocycles. The summed E-state index contributed by atoms with van der Waals surface area (Å²) in [6.07, 6.45) is 0. The van der Waals surface area contributed by atoms with E-state index in [4.69, 9.17) is 4.74 Å². The summed E-state index contributed by atoms with van der Waals surface area (Å²) < 4.78 is 18.9. The maximum Gasteiger partial charge on any atom is 0.319 e. The van der Waals surface area contributed by atoms with Crippen molar-refractivity contribution in [1.29, 1.82) is 0 Å². The number of morpholine rings is 1. The van der Waals surface area contributed by atoms with Gasteiger partial charge in [0.1, 0.15) is 5.82 Å². The molecule has 5 nitrogen and oxygen atoms in total. The molecule has 2 N–H and O–H groups in total. The van der Waals surface area contributed by atoms with Gasteiger partial charge in [0.05, 0.1) is 24.6 Å². The maximum absolute atomic E-state index is 13.6. The molecule has 0 saturated carbocycles. The number of amides is 2. The van der Waals surface area contributed by atoms with E-state index in [0.29, 0.717) is 18.8 Å². The zero-order valence-electron chi connectivity index (χ0n) is 13.3. The van der Waals surface area contributed by atoms with E-state index < -0.39 is 0 Å². The Bertz CT molecular complexity index is 702. The van der Waals surface area contributed by atoms with Crippen LogP contribution in [0.2, 0.25) is 0 Å². The number of ether oxygens (including phenoxy) is 1. The minimum atomic E-state index is -0.362. The van der Waals surface area contributed by atoms with E-state index in [1.165, 1.54) is 6.07 Å². The molecule has 1 fully saturated rings. The Kier molecular flexibility index (Phi) is 5.28. The van der Waals surface area contributed by atoms with Gasteiger partial charge in [0.2, 0.25) is 0 Å². The Hall–Kier alpha value is -2.60. The van der Waals surface area contributed by atoms with Crippen LogP contribution >= 0.6 is 0 Å². The van der Waals surface area contributed by atoms with Crippen molar-refractivity contribution < 1.29 is 13.9 Å². The first-order chi connectivity index (χ1) is 11.7. The fourth-order valence-corrected chi connectivity index (χ4v) is 2.64. The highest BCUT2D eigenvalue weighted by Gasteiger charge is 2.15. The second-order valence-electron chi connectivity index (χ2n) is 5.52. The van der Waals surface area contributed by atoms with Crippen LogP contribution in [0.25, 0.3) is 0 Å². The predicted octanol–water partition coefficient (Wildman–Crippen LogP) is 2.98. The summed E-state index contributed by atoms with van der Waals surface area (Å²) in [6.45, 7) is 3.06. The summed E-state index contributed by atoms with van der Waals surface area (Å²) >= 11 is 0. The number of rotatable bonds is 4. The second-order valence-corrected chi connectivity index (χ2v) is 5.52. The molecule has 0 radical (unpaired) electrons. The second kappa shape index (κ2) is 7.79. The smallest absolute Gasteiger partial charge is 0.319 e. The van der Waals surface area contributed by atoms with Gasteiger partial charge in [-0.15, -0.1) is 0 Å². The van der Waals surface area contributed by atoms with E-state index in [2.05, 4.69) is 15.5 Å². The average Bonchev–Trinajstić information content (AvgIpc) is 2.62. The van der Waals surface area contributed by atoms with Crippen molar-refractivity contribution in [2.24, 2.45) is 0 Å². The SMILES string of the molecule is O=C(NCc1ccccc1F)Nc1ccccc1N1CCOCC1. The molecule has 0 bridgehead atoms. The van der Waals surface area contributed by atoms with Crippen LogP contribution in [0.1, 0.15) is 5.56 Å². The van der Waals surface area contributed by atoms with Crippen LogP contribution in [-0.2, 0) is 11.3 Å². The van der Waals surface area contributed by atoms with Gasteiger partial charge in [-0.3, -0.25) is 0 Å². The summed E-state index contributed by atoms with van der Waals surface area (Å²) in [5.74, 6) is -0.327. The molecule has 2 amide bonds. The van der Waals surface area contributed by atoms with E-state index in [1.54, 1.807) is 18.2 Å². The molecule has 1 aliphatic rings. The molecule has 3 rings (SSSR count). The molecule has 0 spiro atoms. The van der Waals surface area contributed by atoms with E-state index in [1.807, 2.05) is 24.3 Å². The number of anilines is 2. The van der Waals surface area contributed by atoms with Gasteiger partial charge in [-0.05, 0) is 18.2 Å². The third-order valence-electron chi connectivity index (χ3n) is 3.90. The number of nitrogens with zero attached hydrogens (tertiary/aromatic N) is 1. The summed E-state index contributed by atoms with van der Waals surface area (Å²) in [4.78, 5) is 14.3. The number of para-hydroxylation sites is 2. The van der Waals surface area contributed by atoms with Crippen LogP contribution in [0, 0.1) is 5.82 Å². The largest absolute Gasteiger partial charge is 0.378 e. The first kappa shape index (κ1) is 16.3. The third kappa shape index (κ3) is 4.02. The van der Waals surface area contributed by atoms with Gasteiger partial charge in [-0.1, -0.05) is 30.3 Å². The lowest BCUT2D eigenvalue weighted by Gasteiger charge is -2.30. The first-order valence-corrected chi connectivity index (χ1v) is 7.94. The molecule has 0 aromatic heterocycles. The summed E-state index contributed by atoms with van der Waals surface area (Å²) in [6, 6.07) is 13.7. The third-order valence-corrected chi connectivity index (χ3v) is 3.90. The van der Waals surface area contributed by atoms with Crippen molar-refractivity contribution in [3.8, 4) is 0 Å². The summed E-state index contributed by atoms with van der Waals surface area (Å²) in [5.41, 5.74) is 2.14. The standard InChI is InChI=1S/C18H20FN3O2/c19-15-6-2-1-5-14(15)13-20-18(23)21-16-7-3-4-8-17(16)22-9-11-24-12-10-22/h1-8H,9-13H2,(H2,20,21,23). The number of carbonyl (C=O) groups is 1. The number of nitrogens with one attached hydrogen (secondary N) is 2. The van der Waals surface area contributed by atoms with Crippen LogP contribution in [-0.4, -0.2) is 32.3 Å². The van der Waals surface area contributed by atoms with Crippen LogP contribution < -0.4 is 15.5 Å². The highest BCUT2D eigenvalue weighted by molar-refractivity contribution is 5.93. The topological polar surface area (TPSA) is 53.6 Å². The Morgan fingerprint density at radius 1 is 1.08 bits per heavy atom. The molecule has 2 aromatic carbocycles. The van der Waals surface area contributed by atoms with E-state index in [9.17, 15) is 9.18 Å². The van der Waals surface area contributed by atoms with Gasteiger partial charge in [0, 0.05) is 25.2 Å². The van der Waals surface area contributed by atoms with Crippen molar-refractivity contribution in [1.82, 2.24) is 5.32 Å². The number of hydrogen-bond acceptors (Lipinski definition) is 3. The normalized spacial score (nSPS) is 14.3. The zero-order valence-corrected chi connectivity index (χ0v) is 13.3. The highest BCUT2D eigenvalue weighted by Crippen LogP contribution is 2.26. The van der Waals surface area contributed by atoms with Crippen molar-refractivity contribution in [2.75, 3.05) is 36.5 Å². The fourth-order valence-electron chi connectivity index (χ4n) is 2.64. The number of carbonyl (C=O) groups excluding carboxylic acids is 1. The van der Waals surface area contributed by atoms with Crippen molar-refractivity contribution in [3.05, 3.63) is 59.9 Å². The van der Waals surface area contributed by atoms with Gasteiger partial charge in [-0.25, -0.2) is 9.18 Å². The Morgan fingerprint density at radius 3 is 2.58 bits per heavy atom. The zero-order chi connectivity index (χ0) is 16.8. The fraction of sp³-hybridized carbons (Fsp3) is 0.278. The molecule has 0 unspecified atom stereocenters. The van der Waals surface area contributed by atoms with Gasteiger partial charge in [0.25, 0.3) is 0 Å². The van der Waals surface area contributed by atoms with Crippen molar-refractivity contribution >= 4 is 17.4 Å². The molecular weight excluding hydrogens is 309 g/mol. The number of hydrogen-bond donors (Lipinski definition) is 2. The molecule has 6 heteroatoms. The number of urea groups is 1. The lowest BCUT2D eigenvalue weighted by atomic mass is 10.2. The molecule has 0 atom stereocenters. The van der Waals surface area contributed by atoms with Crippen LogP contribution in [0.5, 0.6) is 0 Å². The van der Waals surface area contributed by atoms with Gasteiger partial charge in [0.15, 0.2) is 0 Å². The Balaban J connectivity index is 1.63. The van der Waals surface area contributed by atoms with Crippen LogP contribution in [0.15, 0.2) is 48.5 Å². The molecule has 24 heavy (non-hydrogen) atoms. The first-order valence-electron chi connectivity index (χ1n) is 7.94. The molecular formula is C18H20FN3O2. The van der Waals surface area contributed by atoms with Crippen molar-refractivity contribution in [3.63, 3.8) is 0 Å². The number of halogens is 1. The van der Waals surface area contributed by atoms with E-state index in [-0.39, 0.29) is 18.4 Å².